The fourth-order valence-corrected chi connectivity index (χ4v) is 1.82. The fraction of sp³-hybridized carbons (Fsp3) is 0.857. The Hall–Kier alpha value is -0.940. The highest BCUT2D eigenvalue weighted by atomic mass is 16.3. The topological polar surface area (TPSA) is 78.4 Å². The first kappa shape index (κ1) is 18.1. The van der Waals surface area contributed by atoms with Crippen molar-refractivity contribution in [2.75, 3.05) is 6.54 Å². The Morgan fingerprint density at radius 3 is 2.26 bits per heavy atom. The van der Waals surface area contributed by atoms with Crippen LogP contribution in [0.15, 0.2) is 0 Å². The molecule has 2 unspecified atom stereocenters. The third kappa shape index (κ3) is 8.72. The molecule has 5 heteroatoms. The lowest BCUT2D eigenvalue weighted by molar-refractivity contribution is -0.128. The van der Waals surface area contributed by atoms with E-state index in [1.54, 1.807) is 0 Å². The van der Waals surface area contributed by atoms with Gasteiger partial charge in [0.2, 0.25) is 5.91 Å². The van der Waals surface area contributed by atoms with E-state index >= 15 is 0 Å². The Morgan fingerprint density at radius 2 is 1.79 bits per heavy atom. The van der Waals surface area contributed by atoms with Gasteiger partial charge in [0.15, 0.2) is 0 Å². The van der Waals surface area contributed by atoms with Crippen LogP contribution in [0.2, 0.25) is 0 Å². The first-order valence-corrected chi connectivity index (χ1v) is 7.13. The highest BCUT2D eigenvalue weighted by Gasteiger charge is 2.16. The van der Waals surface area contributed by atoms with Gasteiger partial charge in [-0.1, -0.05) is 20.8 Å². The van der Waals surface area contributed by atoms with Crippen molar-refractivity contribution in [3.05, 3.63) is 0 Å². The molecule has 0 aliphatic heterocycles. The normalized spacial score (nSPS) is 14.2. The first-order valence-electron chi connectivity index (χ1n) is 7.13. The van der Waals surface area contributed by atoms with E-state index in [0.29, 0.717) is 13.0 Å². The number of carbonyl (C=O) groups excluding carboxylic acids is 2. The second kappa shape index (κ2) is 9.92. The number of nitrogens with one attached hydrogen (secondary N) is 2. The Balaban J connectivity index is 3.87. The monoisotopic (exact) mass is 272 g/mol. The molecule has 0 fully saturated rings. The molecule has 0 aromatic rings. The van der Waals surface area contributed by atoms with Gasteiger partial charge in [-0.2, -0.15) is 0 Å². The summed E-state index contributed by atoms with van der Waals surface area (Å²) in [5, 5.41) is 14.9. The summed E-state index contributed by atoms with van der Waals surface area (Å²) >= 11 is 0. The summed E-state index contributed by atoms with van der Waals surface area (Å²) in [6.45, 7) is 7.91. The molecular weight excluding hydrogens is 244 g/mol. The molecule has 0 aromatic carbocycles. The molecule has 1 amide bonds. The highest BCUT2D eigenvalue weighted by molar-refractivity contribution is 5.83. The number of unbranched alkanes of at least 4 members (excludes halogenated alkanes) is 1. The first-order chi connectivity index (χ1) is 8.88. The van der Waals surface area contributed by atoms with Gasteiger partial charge in [-0.15, -0.1) is 0 Å². The minimum atomic E-state index is -0.961. The quantitative estimate of drug-likeness (QED) is 0.518. The molecule has 5 nitrogen and oxygen atoms in total. The molecule has 0 rings (SSSR count). The predicted molar refractivity (Wildman–Crippen MR) is 75.9 cm³/mol. The molecular formula is C14H28N2O3. The van der Waals surface area contributed by atoms with Gasteiger partial charge in [0, 0.05) is 19.0 Å². The smallest absolute Gasteiger partial charge is 0.248 e. The van der Waals surface area contributed by atoms with E-state index in [4.69, 9.17) is 5.11 Å². The van der Waals surface area contributed by atoms with E-state index in [0.717, 1.165) is 19.3 Å². The zero-order valence-electron chi connectivity index (χ0n) is 12.5. The van der Waals surface area contributed by atoms with E-state index in [9.17, 15) is 9.59 Å². The molecule has 0 aliphatic carbocycles. The lowest BCUT2D eigenvalue weighted by Crippen LogP contribution is -2.40. The van der Waals surface area contributed by atoms with Crippen molar-refractivity contribution in [2.24, 2.45) is 0 Å². The lowest BCUT2D eigenvalue weighted by Gasteiger charge is -2.19. The van der Waals surface area contributed by atoms with E-state index < -0.39 is 6.10 Å². The lowest BCUT2D eigenvalue weighted by atomic mass is 10.0. The van der Waals surface area contributed by atoms with Gasteiger partial charge in [0.05, 0.1) is 6.04 Å². The molecule has 0 bridgehead atoms. The van der Waals surface area contributed by atoms with E-state index in [-0.39, 0.29) is 23.8 Å². The number of hydrogen-bond acceptors (Lipinski definition) is 4. The van der Waals surface area contributed by atoms with Crippen LogP contribution in [0.5, 0.6) is 0 Å². The maximum absolute atomic E-state index is 11.7. The second-order valence-electron chi connectivity index (χ2n) is 5.16. The summed E-state index contributed by atoms with van der Waals surface area (Å²) in [4.78, 5) is 22.9. The van der Waals surface area contributed by atoms with E-state index in [1.165, 1.54) is 6.92 Å². The molecule has 0 heterocycles. The molecule has 0 spiro atoms. The van der Waals surface area contributed by atoms with Gasteiger partial charge in [-0.25, -0.2) is 0 Å². The summed E-state index contributed by atoms with van der Waals surface area (Å²) in [6.07, 6.45) is 2.05. The molecule has 0 saturated heterocycles. The van der Waals surface area contributed by atoms with Crippen molar-refractivity contribution in [1.82, 2.24) is 10.6 Å². The van der Waals surface area contributed by atoms with Crippen LogP contribution < -0.4 is 10.6 Å². The number of hydrogen-bond donors (Lipinski definition) is 3. The maximum Gasteiger partial charge on any atom is 0.248 e. The Morgan fingerprint density at radius 1 is 1.16 bits per heavy atom. The Labute approximate surface area is 116 Å². The molecule has 0 radical (unpaired) electrons. The number of rotatable bonds is 10. The third-order valence-electron chi connectivity index (χ3n) is 2.87. The molecule has 112 valence electrons. The summed E-state index contributed by atoms with van der Waals surface area (Å²) in [7, 11) is 0. The van der Waals surface area contributed by atoms with Crippen molar-refractivity contribution in [1.29, 1.82) is 0 Å². The van der Waals surface area contributed by atoms with Crippen LogP contribution in [0.25, 0.3) is 0 Å². The zero-order valence-corrected chi connectivity index (χ0v) is 12.5. The van der Waals surface area contributed by atoms with E-state index in [2.05, 4.69) is 10.6 Å². The van der Waals surface area contributed by atoms with Gasteiger partial charge >= 0.3 is 0 Å². The third-order valence-corrected chi connectivity index (χ3v) is 2.87. The van der Waals surface area contributed by atoms with Crippen molar-refractivity contribution in [3.63, 3.8) is 0 Å². The Kier molecular flexibility index (Phi) is 9.43. The molecule has 0 aliphatic rings. The number of carbonyl (C=O) groups is 2. The number of aliphatic hydroxyl groups excluding tert-OH is 1. The molecule has 0 aromatic heterocycles. The summed E-state index contributed by atoms with van der Waals surface area (Å²) in [6, 6.07) is 0.202. The van der Waals surface area contributed by atoms with Crippen LogP contribution in [-0.4, -0.2) is 41.5 Å². The average Bonchev–Trinajstić information content (AvgIpc) is 2.35. The van der Waals surface area contributed by atoms with Crippen LogP contribution in [-0.2, 0) is 9.59 Å². The van der Waals surface area contributed by atoms with Gasteiger partial charge in [0.25, 0.3) is 0 Å². The van der Waals surface area contributed by atoms with Crippen LogP contribution in [0, 0.1) is 0 Å². The predicted octanol–water partition coefficient (Wildman–Crippen LogP) is 0.999. The van der Waals surface area contributed by atoms with Gasteiger partial charge < -0.3 is 15.7 Å². The molecule has 3 N–H and O–H groups in total. The van der Waals surface area contributed by atoms with Gasteiger partial charge in [-0.05, 0) is 26.2 Å². The van der Waals surface area contributed by atoms with E-state index in [1.807, 2.05) is 20.8 Å². The average molecular weight is 272 g/mol. The van der Waals surface area contributed by atoms with Crippen LogP contribution >= 0.6 is 0 Å². The van der Waals surface area contributed by atoms with Gasteiger partial charge in [-0.3, -0.25) is 9.59 Å². The number of aliphatic hydroxyl groups is 1. The molecule has 2 atom stereocenters. The van der Waals surface area contributed by atoms with Crippen LogP contribution in [0.1, 0.15) is 53.4 Å². The number of Topliss-reactive ketones (excluding diaryl/α,β-unsaturated/α-hetero) is 1. The molecule has 0 saturated carbocycles. The minimum absolute atomic E-state index is 0.0857. The summed E-state index contributed by atoms with van der Waals surface area (Å²) < 4.78 is 0. The molecule has 19 heavy (non-hydrogen) atoms. The van der Waals surface area contributed by atoms with Crippen LogP contribution in [0.3, 0.4) is 0 Å². The SMILES string of the molecule is CCC(=O)C(CCCCNC(=O)C(C)O)NC(C)C. The number of ketones is 1. The highest BCUT2D eigenvalue weighted by Crippen LogP contribution is 2.05. The fourth-order valence-electron chi connectivity index (χ4n) is 1.82. The van der Waals surface area contributed by atoms with Crippen molar-refractivity contribution in [3.8, 4) is 0 Å². The Bertz CT molecular complexity index is 278. The summed E-state index contributed by atoms with van der Waals surface area (Å²) in [5.41, 5.74) is 0. The summed E-state index contributed by atoms with van der Waals surface area (Å²) in [5.74, 6) is -0.108. The van der Waals surface area contributed by atoms with Crippen molar-refractivity contribution >= 4 is 11.7 Å². The largest absolute Gasteiger partial charge is 0.384 e. The van der Waals surface area contributed by atoms with Crippen molar-refractivity contribution in [2.45, 2.75) is 71.6 Å². The maximum atomic E-state index is 11.7. The minimum Gasteiger partial charge on any atom is -0.384 e. The van der Waals surface area contributed by atoms with Gasteiger partial charge in [0.1, 0.15) is 11.9 Å². The standard InChI is InChI=1S/C14H28N2O3/c1-5-13(18)12(16-10(2)3)8-6-7-9-15-14(19)11(4)17/h10-12,16-17H,5-9H2,1-4H3,(H,15,19). The second-order valence-corrected chi connectivity index (χ2v) is 5.16. The van der Waals surface area contributed by atoms with Crippen LogP contribution in [0.4, 0.5) is 0 Å². The zero-order chi connectivity index (χ0) is 14.8. The number of amides is 1. The van der Waals surface area contributed by atoms with Crippen molar-refractivity contribution < 1.29 is 14.7 Å².